The number of nitrogens with one attached hydrogen (secondary N) is 1. The molecule has 31 heavy (non-hydrogen) atoms. The molecule has 4 rings (SSSR count). The highest BCUT2D eigenvalue weighted by Gasteiger charge is 2.30. The minimum absolute atomic E-state index is 0.267. The first-order chi connectivity index (χ1) is 14.7. The van der Waals surface area contributed by atoms with Crippen LogP contribution in [-0.2, 0) is 32.7 Å². The number of H-pyrrole nitrogens is 1. The third kappa shape index (κ3) is 3.99. The summed E-state index contributed by atoms with van der Waals surface area (Å²) in [7, 11) is 1.85. The summed E-state index contributed by atoms with van der Waals surface area (Å²) in [6, 6.07) is 8.62. The van der Waals surface area contributed by atoms with E-state index in [0.29, 0.717) is 48.6 Å². The fourth-order valence-corrected chi connectivity index (χ4v) is 3.84. The molecular weight excluding hydrogens is 407 g/mol. The lowest BCUT2D eigenvalue weighted by Gasteiger charge is -2.27. The van der Waals surface area contributed by atoms with Gasteiger partial charge in [-0.3, -0.25) is 9.69 Å². The van der Waals surface area contributed by atoms with Crippen molar-refractivity contribution in [1.29, 1.82) is 5.26 Å². The lowest BCUT2D eigenvalue weighted by Crippen LogP contribution is -2.35. The van der Waals surface area contributed by atoms with Gasteiger partial charge in [0.05, 0.1) is 16.8 Å². The SMILES string of the molecule is Cc1c(CN2CCc3nc(-c4ccc(C(F)(F)F)cc4)[nH]c(=O)c3C2)cc(C#N)n1C. The van der Waals surface area contributed by atoms with Crippen LogP contribution in [0.1, 0.15) is 33.8 Å². The van der Waals surface area contributed by atoms with Crippen LogP contribution in [0.3, 0.4) is 0 Å². The highest BCUT2D eigenvalue weighted by molar-refractivity contribution is 5.56. The van der Waals surface area contributed by atoms with E-state index in [0.717, 1.165) is 23.4 Å². The lowest BCUT2D eigenvalue weighted by molar-refractivity contribution is -0.137. The van der Waals surface area contributed by atoms with Crippen molar-refractivity contribution in [3.05, 3.63) is 74.5 Å². The molecule has 0 unspecified atom stereocenters. The van der Waals surface area contributed by atoms with Crippen LogP contribution in [0.25, 0.3) is 11.4 Å². The van der Waals surface area contributed by atoms with E-state index >= 15 is 0 Å². The lowest BCUT2D eigenvalue weighted by atomic mass is 10.0. The average molecular weight is 427 g/mol. The summed E-state index contributed by atoms with van der Waals surface area (Å²) in [5.74, 6) is 0.267. The third-order valence-electron chi connectivity index (χ3n) is 5.78. The van der Waals surface area contributed by atoms with E-state index in [1.807, 2.05) is 24.6 Å². The quantitative estimate of drug-likeness (QED) is 0.694. The zero-order valence-electron chi connectivity index (χ0n) is 17.0. The number of benzene rings is 1. The molecule has 1 aliphatic rings. The van der Waals surface area contributed by atoms with Crippen molar-refractivity contribution in [2.75, 3.05) is 6.54 Å². The topological polar surface area (TPSA) is 77.7 Å². The van der Waals surface area contributed by atoms with Crippen LogP contribution >= 0.6 is 0 Å². The van der Waals surface area contributed by atoms with Crippen molar-refractivity contribution in [3.8, 4) is 17.5 Å². The number of aromatic nitrogens is 3. The van der Waals surface area contributed by atoms with Crippen molar-refractivity contribution in [3.63, 3.8) is 0 Å². The molecule has 0 fully saturated rings. The summed E-state index contributed by atoms with van der Waals surface area (Å²) in [4.78, 5) is 22.1. The Kier molecular flexibility index (Phi) is 5.19. The van der Waals surface area contributed by atoms with Gasteiger partial charge in [0.1, 0.15) is 17.6 Å². The standard InChI is InChI=1S/C22H20F3N5O/c1-13-15(9-17(10-26)29(13)2)11-30-8-7-19-18(12-30)21(31)28-20(27-19)14-3-5-16(6-4-14)22(23,24)25/h3-6,9H,7-8,11-12H2,1-2H3,(H,27,28,31). The van der Waals surface area contributed by atoms with Crippen LogP contribution in [0.2, 0.25) is 0 Å². The van der Waals surface area contributed by atoms with Gasteiger partial charge in [-0.25, -0.2) is 4.98 Å². The van der Waals surface area contributed by atoms with E-state index in [2.05, 4.69) is 20.9 Å². The summed E-state index contributed by atoms with van der Waals surface area (Å²) in [5.41, 5.74) is 3.26. The molecule has 9 heteroatoms. The average Bonchev–Trinajstić information content (AvgIpc) is 3.01. The monoisotopic (exact) mass is 427 g/mol. The van der Waals surface area contributed by atoms with Gasteiger partial charge in [0.25, 0.3) is 5.56 Å². The fraction of sp³-hybridized carbons (Fsp3) is 0.318. The summed E-state index contributed by atoms with van der Waals surface area (Å²) >= 11 is 0. The van der Waals surface area contributed by atoms with Crippen molar-refractivity contribution < 1.29 is 13.2 Å². The van der Waals surface area contributed by atoms with Gasteiger partial charge in [0.2, 0.25) is 0 Å². The van der Waals surface area contributed by atoms with E-state index in [1.54, 1.807) is 0 Å². The second-order valence-corrected chi connectivity index (χ2v) is 7.69. The number of rotatable bonds is 3. The second-order valence-electron chi connectivity index (χ2n) is 7.69. The smallest absolute Gasteiger partial charge is 0.340 e. The molecule has 0 amide bonds. The Hall–Kier alpha value is -3.38. The Bertz CT molecular complexity index is 1230. The molecule has 0 spiro atoms. The van der Waals surface area contributed by atoms with Crippen molar-refractivity contribution in [1.82, 2.24) is 19.4 Å². The van der Waals surface area contributed by atoms with Crippen LogP contribution < -0.4 is 5.56 Å². The van der Waals surface area contributed by atoms with E-state index < -0.39 is 11.7 Å². The number of halogens is 3. The molecular formula is C22H20F3N5O. The predicted molar refractivity (Wildman–Crippen MR) is 108 cm³/mol. The number of nitriles is 1. The number of aromatic amines is 1. The molecule has 0 aliphatic carbocycles. The largest absolute Gasteiger partial charge is 0.416 e. The molecule has 6 nitrogen and oxygen atoms in total. The normalized spacial score (nSPS) is 14.3. The van der Waals surface area contributed by atoms with E-state index in [1.165, 1.54) is 12.1 Å². The maximum atomic E-state index is 12.8. The van der Waals surface area contributed by atoms with Gasteiger partial charge >= 0.3 is 6.18 Å². The number of alkyl halides is 3. The Morgan fingerprint density at radius 1 is 1.26 bits per heavy atom. The maximum absolute atomic E-state index is 12.8. The number of fused-ring (bicyclic) bond motifs is 1. The second kappa shape index (κ2) is 7.71. The molecule has 1 N–H and O–H groups in total. The van der Waals surface area contributed by atoms with E-state index in [4.69, 9.17) is 0 Å². The molecule has 1 aromatic carbocycles. The number of hydrogen-bond acceptors (Lipinski definition) is 4. The van der Waals surface area contributed by atoms with Crippen LogP contribution in [-0.4, -0.2) is 26.0 Å². The molecule has 3 heterocycles. The zero-order valence-corrected chi connectivity index (χ0v) is 17.0. The highest BCUT2D eigenvalue weighted by atomic mass is 19.4. The first-order valence-electron chi connectivity index (χ1n) is 9.74. The first kappa shape index (κ1) is 20.9. The molecule has 160 valence electrons. The van der Waals surface area contributed by atoms with Crippen LogP contribution in [0.4, 0.5) is 13.2 Å². The number of hydrogen-bond donors (Lipinski definition) is 1. The Labute approximate surface area is 176 Å². The minimum Gasteiger partial charge on any atom is -0.340 e. The van der Waals surface area contributed by atoms with Crippen molar-refractivity contribution in [2.24, 2.45) is 7.05 Å². The van der Waals surface area contributed by atoms with Gasteiger partial charge in [-0.2, -0.15) is 18.4 Å². The summed E-state index contributed by atoms with van der Waals surface area (Å²) < 4.78 is 40.2. The van der Waals surface area contributed by atoms with Crippen LogP contribution in [0, 0.1) is 18.3 Å². The number of nitrogens with zero attached hydrogens (tertiary/aromatic N) is 4. The van der Waals surface area contributed by atoms with Gasteiger partial charge in [0, 0.05) is 44.4 Å². The molecule has 0 saturated carbocycles. The summed E-state index contributed by atoms with van der Waals surface area (Å²) in [5, 5.41) is 9.21. The summed E-state index contributed by atoms with van der Waals surface area (Å²) in [6.45, 7) is 3.67. The van der Waals surface area contributed by atoms with Gasteiger partial charge in [-0.1, -0.05) is 12.1 Å². The Morgan fingerprint density at radius 2 is 1.97 bits per heavy atom. The van der Waals surface area contributed by atoms with Crippen LogP contribution in [0.15, 0.2) is 35.1 Å². The molecule has 2 aromatic heterocycles. The Balaban J connectivity index is 1.57. The maximum Gasteiger partial charge on any atom is 0.416 e. The molecule has 0 radical (unpaired) electrons. The van der Waals surface area contributed by atoms with Gasteiger partial charge < -0.3 is 9.55 Å². The van der Waals surface area contributed by atoms with Gasteiger partial charge in [-0.05, 0) is 30.7 Å². The molecule has 0 saturated heterocycles. The predicted octanol–water partition coefficient (Wildman–Crippen LogP) is 3.53. The third-order valence-corrected chi connectivity index (χ3v) is 5.78. The van der Waals surface area contributed by atoms with Crippen molar-refractivity contribution in [2.45, 2.75) is 32.6 Å². The molecule has 0 atom stereocenters. The molecule has 0 bridgehead atoms. The van der Waals surface area contributed by atoms with Crippen molar-refractivity contribution >= 4 is 0 Å². The van der Waals surface area contributed by atoms with Crippen LogP contribution in [0.5, 0.6) is 0 Å². The fourth-order valence-electron chi connectivity index (χ4n) is 3.84. The minimum atomic E-state index is -4.41. The van der Waals surface area contributed by atoms with E-state index in [9.17, 15) is 23.2 Å². The first-order valence-corrected chi connectivity index (χ1v) is 9.74. The zero-order chi connectivity index (χ0) is 22.3. The van der Waals surface area contributed by atoms with Gasteiger partial charge in [0.15, 0.2) is 0 Å². The summed E-state index contributed by atoms with van der Waals surface area (Å²) in [6.07, 6.45) is -3.85. The molecule has 1 aliphatic heterocycles. The Morgan fingerprint density at radius 3 is 2.58 bits per heavy atom. The molecule has 3 aromatic rings. The van der Waals surface area contributed by atoms with Gasteiger partial charge in [-0.15, -0.1) is 0 Å². The van der Waals surface area contributed by atoms with E-state index in [-0.39, 0.29) is 11.4 Å². The highest BCUT2D eigenvalue weighted by Crippen LogP contribution is 2.30.